The summed E-state index contributed by atoms with van der Waals surface area (Å²) in [5.74, 6) is -0.0104. The second-order valence-corrected chi connectivity index (χ2v) is 7.65. The Morgan fingerprint density at radius 1 is 0.833 bits per heavy atom. The number of hydrogen-bond acceptors (Lipinski definition) is 2. The molecule has 0 aromatic heterocycles. The highest BCUT2D eigenvalue weighted by molar-refractivity contribution is 5.94. The summed E-state index contributed by atoms with van der Waals surface area (Å²) in [6, 6.07) is 30.4. The highest BCUT2D eigenvalue weighted by atomic mass is 16.1. The molecule has 156 valence electrons. The van der Waals surface area contributed by atoms with Crippen LogP contribution < -0.4 is 5.32 Å². The van der Waals surface area contributed by atoms with E-state index in [1.165, 1.54) is 11.1 Å². The summed E-state index contributed by atoms with van der Waals surface area (Å²) < 4.78 is 0. The minimum atomic E-state index is -0.0104. The summed E-state index contributed by atoms with van der Waals surface area (Å²) in [5.41, 5.74) is 3.23. The third kappa shape index (κ3) is 6.85. The van der Waals surface area contributed by atoms with Crippen LogP contribution in [0.2, 0.25) is 0 Å². The molecule has 0 saturated carbocycles. The summed E-state index contributed by atoms with van der Waals surface area (Å²) in [5, 5.41) is 3.24. The van der Waals surface area contributed by atoms with Crippen molar-refractivity contribution in [2.24, 2.45) is 0 Å². The number of nitrogens with one attached hydrogen (secondary N) is 1. The topological polar surface area (TPSA) is 32.3 Å². The fourth-order valence-electron chi connectivity index (χ4n) is 3.71. The lowest BCUT2D eigenvalue weighted by Gasteiger charge is -2.22. The lowest BCUT2D eigenvalue weighted by Crippen LogP contribution is -2.29. The van der Waals surface area contributed by atoms with Gasteiger partial charge in [0.15, 0.2) is 0 Å². The Bertz CT molecular complexity index is 865. The summed E-state index contributed by atoms with van der Waals surface area (Å²) in [6.07, 6.45) is 3.12. The highest BCUT2D eigenvalue weighted by Crippen LogP contribution is 2.20. The van der Waals surface area contributed by atoms with Crippen molar-refractivity contribution in [1.29, 1.82) is 0 Å². The van der Waals surface area contributed by atoms with E-state index >= 15 is 0 Å². The van der Waals surface area contributed by atoms with E-state index in [0.29, 0.717) is 5.56 Å². The van der Waals surface area contributed by atoms with Crippen LogP contribution in [0.15, 0.2) is 91.0 Å². The fraction of sp³-hybridized carbons (Fsp3) is 0.296. The molecule has 0 radical (unpaired) electrons. The van der Waals surface area contributed by atoms with Crippen molar-refractivity contribution < 1.29 is 4.79 Å². The normalized spacial score (nSPS) is 11.9. The first-order chi connectivity index (χ1) is 14.8. The molecule has 3 rings (SSSR count). The zero-order valence-corrected chi connectivity index (χ0v) is 17.8. The van der Waals surface area contributed by atoms with E-state index in [-0.39, 0.29) is 11.9 Å². The van der Waals surface area contributed by atoms with Crippen LogP contribution in [0, 0.1) is 0 Å². The van der Waals surface area contributed by atoms with E-state index in [1.807, 2.05) is 48.5 Å². The van der Waals surface area contributed by atoms with Gasteiger partial charge in [-0.1, -0.05) is 85.8 Å². The Morgan fingerprint density at radius 2 is 1.43 bits per heavy atom. The van der Waals surface area contributed by atoms with Gasteiger partial charge in [-0.15, -0.1) is 0 Å². The number of hydrogen-bond donors (Lipinski definition) is 1. The van der Waals surface area contributed by atoms with Crippen LogP contribution in [0.4, 0.5) is 0 Å². The summed E-state index contributed by atoms with van der Waals surface area (Å²) in [7, 11) is 0. The smallest absolute Gasteiger partial charge is 0.251 e. The van der Waals surface area contributed by atoms with Gasteiger partial charge in [0.1, 0.15) is 0 Å². The van der Waals surface area contributed by atoms with Gasteiger partial charge in [0.2, 0.25) is 0 Å². The third-order valence-electron chi connectivity index (χ3n) is 5.46. The van der Waals surface area contributed by atoms with E-state index in [1.54, 1.807) is 0 Å². The standard InChI is InChI=1S/C27H32N2O/c1-2-29(22-23-14-6-3-7-15-23)21-13-12-20-26(24-16-8-4-9-17-24)28-27(30)25-18-10-5-11-19-25/h3-11,14-19,26H,2,12-13,20-22H2,1H3,(H,28,30). The molecular weight excluding hydrogens is 368 g/mol. The van der Waals surface area contributed by atoms with Gasteiger partial charge in [0.25, 0.3) is 5.91 Å². The Labute approximate surface area is 180 Å². The maximum atomic E-state index is 12.7. The third-order valence-corrected chi connectivity index (χ3v) is 5.46. The summed E-state index contributed by atoms with van der Waals surface area (Å²) in [6.45, 7) is 5.32. The molecule has 3 nitrogen and oxygen atoms in total. The van der Waals surface area contributed by atoms with Gasteiger partial charge in [-0.25, -0.2) is 0 Å². The Kier molecular flexibility index (Phi) is 8.67. The molecule has 1 N–H and O–H groups in total. The number of amides is 1. The Morgan fingerprint density at radius 3 is 2.07 bits per heavy atom. The zero-order chi connectivity index (χ0) is 21.0. The van der Waals surface area contributed by atoms with Crippen molar-refractivity contribution in [2.75, 3.05) is 13.1 Å². The first-order valence-corrected chi connectivity index (χ1v) is 10.9. The van der Waals surface area contributed by atoms with Gasteiger partial charge < -0.3 is 5.32 Å². The number of nitrogens with zero attached hydrogens (tertiary/aromatic N) is 1. The average molecular weight is 401 g/mol. The summed E-state index contributed by atoms with van der Waals surface area (Å²) >= 11 is 0. The van der Waals surface area contributed by atoms with Gasteiger partial charge in [0.05, 0.1) is 6.04 Å². The maximum absolute atomic E-state index is 12.7. The Hall–Kier alpha value is -2.91. The number of unbranched alkanes of at least 4 members (excludes halogenated alkanes) is 1. The second kappa shape index (κ2) is 11.9. The van der Waals surface area contributed by atoms with Crippen molar-refractivity contribution >= 4 is 5.91 Å². The number of rotatable bonds is 11. The molecule has 0 bridgehead atoms. The van der Waals surface area contributed by atoms with Gasteiger partial charge in [-0.3, -0.25) is 9.69 Å². The van der Waals surface area contributed by atoms with Crippen LogP contribution in [0.25, 0.3) is 0 Å². The fourth-order valence-corrected chi connectivity index (χ4v) is 3.71. The molecule has 1 amide bonds. The van der Waals surface area contributed by atoms with E-state index in [0.717, 1.165) is 38.9 Å². The van der Waals surface area contributed by atoms with Crippen LogP contribution in [0.5, 0.6) is 0 Å². The molecule has 0 spiro atoms. The molecule has 30 heavy (non-hydrogen) atoms. The van der Waals surface area contributed by atoms with Crippen molar-refractivity contribution in [2.45, 2.75) is 38.8 Å². The van der Waals surface area contributed by atoms with Crippen LogP contribution in [0.1, 0.15) is 53.7 Å². The van der Waals surface area contributed by atoms with Crippen LogP contribution in [-0.2, 0) is 6.54 Å². The van der Waals surface area contributed by atoms with E-state index in [4.69, 9.17) is 0 Å². The molecule has 0 fully saturated rings. The molecule has 1 atom stereocenters. The van der Waals surface area contributed by atoms with Gasteiger partial charge in [-0.2, -0.15) is 0 Å². The quantitative estimate of drug-likeness (QED) is 0.410. The van der Waals surface area contributed by atoms with E-state index in [9.17, 15) is 4.79 Å². The largest absolute Gasteiger partial charge is 0.345 e. The van der Waals surface area contributed by atoms with Crippen LogP contribution in [-0.4, -0.2) is 23.9 Å². The number of carbonyl (C=O) groups excluding carboxylic acids is 1. The molecule has 3 heteroatoms. The van der Waals surface area contributed by atoms with Crippen LogP contribution in [0.3, 0.4) is 0 Å². The molecule has 3 aromatic carbocycles. The monoisotopic (exact) mass is 400 g/mol. The van der Waals surface area contributed by atoms with Crippen molar-refractivity contribution in [3.63, 3.8) is 0 Å². The number of carbonyl (C=O) groups is 1. The first kappa shape index (κ1) is 21.8. The molecule has 3 aromatic rings. The lowest BCUT2D eigenvalue weighted by molar-refractivity contribution is 0.0933. The van der Waals surface area contributed by atoms with Gasteiger partial charge in [0, 0.05) is 12.1 Å². The van der Waals surface area contributed by atoms with Crippen molar-refractivity contribution in [3.8, 4) is 0 Å². The molecular formula is C27H32N2O. The molecule has 0 aliphatic carbocycles. The highest BCUT2D eigenvalue weighted by Gasteiger charge is 2.15. The first-order valence-electron chi connectivity index (χ1n) is 10.9. The van der Waals surface area contributed by atoms with Crippen molar-refractivity contribution in [3.05, 3.63) is 108 Å². The predicted molar refractivity (Wildman–Crippen MR) is 124 cm³/mol. The second-order valence-electron chi connectivity index (χ2n) is 7.65. The molecule has 0 heterocycles. The number of benzene rings is 3. The maximum Gasteiger partial charge on any atom is 0.251 e. The molecule has 0 aliphatic heterocycles. The Balaban J connectivity index is 1.54. The minimum Gasteiger partial charge on any atom is -0.345 e. The van der Waals surface area contributed by atoms with Gasteiger partial charge in [-0.05, 0) is 55.6 Å². The van der Waals surface area contributed by atoms with E-state index < -0.39 is 0 Å². The van der Waals surface area contributed by atoms with E-state index in [2.05, 4.69) is 59.6 Å². The molecule has 0 aliphatic rings. The SMILES string of the molecule is CCN(CCCCC(NC(=O)c1ccccc1)c1ccccc1)Cc1ccccc1. The molecule has 0 saturated heterocycles. The van der Waals surface area contributed by atoms with Crippen molar-refractivity contribution in [1.82, 2.24) is 10.2 Å². The lowest BCUT2D eigenvalue weighted by atomic mass is 10.00. The predicted octanol–water partition coefficient (Wildman–Crippen LogP) is 5.85. The molecule has 1 unspecified atom stereocenters. The summed E-state index contributed by atoms with van der Waals surface area (Å²) in [4.78, 5) is 15.2. The van der Waals surface area contributed by atoms with Crippen LogP contribution >= 0.6 is 0 Å². The van der Waals surface area contributed by atoms with Gasteiger partial charge >= 0.3 is 0 Å². The zero-order valence-electron chi connectivity index (χ0n) is 17.8. The average Bonchev–Trinajstić information content (AvgIpc) is 2.82. The minimum absolute atomic E-state index is 0.0104.